The van der Waals surface area contributed by atoms with Crippen molar-refractivity contribution in [1.29, 1.82) is 5.26 Å². The van der Waals surface area contributed by atoms with E-state index in [-0.39, 0.29) is 0 Å². The first kappa shape index (κ1) is 21.2. The summed E-state index contributed by atoms with van der Waals surface area (Å²) >= 11 is 0. The summed E-state index contributed by atoms with van der Waals surface area (Å²) < 4.78 is 0. The Morgan fingerprint density at radius 1 is 1.11 bits per heavy atom. The van der Waals surface area contributed by atoms with Gasteiger partial charge in [0.15, 0.2) is 0 Å². The summed E-state index contributed by atoms with van der Waals surface area (Å²) in [6.45, 7) is 10.4. The highest BCUT2D eigenvalue weighted by molar-refractivity contribution is 5.21. The summed E-state index contributed by atoms with van der Waals surface area (Å²) in [6.07, 6.45) is 11.0. The molecule has 0 amide bonds. The molecule has 1 aliphatic carbocycles. The molecule has 1 atom stereocenters. The summed E-state index contributed by atoms with van der Waals surface area (Å²) in [4.78, 5) is 14.3. The molecule has 5 nitrogen and oxygen atoms in total. The lowest BCUT2D eigenvalue weighted by Crippen LogP contribution is -2.37. The Bertz CT molecular complexity index is 641. The van der Waals surface area contributed by atoms with Crippen LogP contribution in [0.1, 0.15) is 88.3 Å². The quantitative estimate of drug-likeness (QED) is 0.632. The van der Waals surface area contributed by atoms with Gasteiger partial charge in [0.05, 0.1) is 0 Å². The van der Waals surface area contributed by atoms with E-state index in [0.29, 0.717) is 11.7 Å². The number of nitriles is 1. The third kappa shape index (κ3) is 5.75. The van der Waals surface area contributed by atoms with Crippen LogP contribution in [0.25, 0.3) is 0 Å². The summed E-state index contributed by atoms with van der Waals surface area (Å²) in [5.41, 5.74) is 2.18. The van der Waals surface area contributed by atoms with E-state index in [1.807, 2.05) is 0 Å². The number of hydrogen-bond donors (Lipinski definition) is 0. The van der Waals surface area contributed by atoms with Crippen LogP contribution in [-0.2, 0) is 6.42 Å². The van der Waals surface area contributed by atoms with Gasteiger partial charge in [0.2, 0.25) is 5.82 Å². The van der Waals surface area contributed by atoms with Crippen molar-refractivity contribution in [3.05, 3.63) is 23.3 Å². The second-order valence-corrected chi connectivity index (χ2v) is 8.48. The van der Waals surface area contributed by atoms with E-state index in [1.165, 1.54) is 58.0 Å². The topological polar surface area (TPSA) is 56.0 Å². The molecule has 1 aliphatic heterocycles. The van der Waals surface area contributed by atoms with E-state index in [0.717, 1.165) is 49.9 Å². The number of rotatable bonds is 8. The van der Waals surface area contributed by atoms with E-state index in [1.54, 1.807) is 0 Å². The fourth-order valence-electron chi connectivity index (χ4n) is 5.02. The zero-order chi connectivity index (χ0) is 19.8. The molecule has 1 saturated heterocycles. The maximum absolute atomic E-state index is 9.38. The molecule has 1 aromatic rings. The first-order chi connectivity index (χ1) is 13.7. The maximum Gasteiger partial charge on any atom is 0.232 e. The van der Waals surface area contributed by atoms with Crippen molar-refractivity contribution in [3.63, 3.8) is 0 Å². The third-order valence-corrected chi connectivity index (χ3v) is 6.66. The fourth-order valence-corrected chi connectivity index (χ4v) is 5.02. The molecule has 1 unspecified atom stereocenters. The zero-order valence-corrected chi connectivity index (χ0v) is 17.9. The molecule has 0 aromatic carbocycles. The van der Waals surface area contributed by atoms with E-state index in [2.05, 4.69) is 45.8 Å². The molecular weight excluding hydrogens is 346 g/mol. The Labute approximate surface area is 171 Å². The van der Waals surface area contributed by atoms with Gasteiger partial charge in [-0.25, -0.2) is 9.97 Å². The van der Waals surface area contributed by atoms with Crippen molar-refractivity contribution >= 4 is 0 Å². The highest BCUT2D eigenvalue weighted by Crippen LogP contribution is 2.31. The molecule has 1 saturated carbocycles. The number of likely N-dealkylation sites (tertiary alicyclic amines) is 1. The Hall–Kier alpha value is -1.51. The molecule has 0 radical (unpaired) electrons. The van der Waals surface area contributed by atoms with Crippen LogP contribution in [0.5, 0.6) is 0 Å². The molecule has 2 heterocycles. The lowest BCUT2D eigenvalue weighted by Gasteiger charge is -2.26. The number of aromatic nitrogens is 2. The molecule has 0 bridgehead atoms. The second kappa shape index (κ2) is 10.9. The second-order valence-electron chi connectivity index (χ2n) is 8.48. The molecule has 3 rings (SSSR count). The van der Waals surface area contributed by atoms with Crippen molar-refractivity contribution in [2.45, 2.75) is 83.6 Å². The highest BCUT2D eigenvalue weighted by Gasteiger charge is 2.25. The highest BCUT2D eigenvalue weighted by atomic mass is 15.2. The minimum atomic E-state index is 0.361. The molecular formula is C23H37N5. The minimum Gasteiger partial charge on any atom is -0.302 e. The Kier molecular flexibility index (Phi) is 8.24. The summed E-state index contributed by atoms with van der Waals surface area (Å²) in [6, 6.07) is 5.10. The summed E-state index contributed by atoms with van der Waals surface area (Å²) in [5.74, 6) is 0.879. The smallest absolute Gasteiger partial charge is 0.232 e. The third-order valence-electron chi connectivity index (χ3n) is 6.66. The average molecular weight is 384 g/mol. The van der Waals surface area contributed by atoms with Gasteiger partial charge in [-0.2, -0.15) is 5.26 Å². The van der Waals surface area contributed by atoms with Crippen LogP contribution in [0.15, 0.2) is 6.07 Å². The van der Waals surface area contributed by atoms with Crippen LogP contribution in [0.2, 0.25) is 0 Å². The van der Waals surface area contributed by atoms with Crippen LogP contribution in [0, 0.1) is 11.3 Å². The largest absolute Gasteiger partial charge is 0.302 e. The lowest BCUT2D eigenvalue weighted by molar-refractivity contribution is 0.210. The van der Waals surface area contributed by atoms with Crippen LogP contribution in [0.3, 0.4) is 0 Å². The van der Waals surface area contributed by atoms with Crippen LogP contribution >= 0.6 is 0 Å². The van der Waals surface area contributed by atoms with Gasteiger partial charge in [-0.3, -0.25) is 4.90 Å². The molecule has 28 heavy (non-hydrogen) atoms. The molecule has 0 spiro atoms. The van der Waals surface area contributed by atoms with Crippen molar-refractivity contribution in [2.24, 2.45) is 0 Å². The van der Waals surface area contributed by atoms with Crippen molar-refractivity contribution in [1.82, 2.24) is 19.8 Å². The van der Waals surface area contributed by atoms with Gasteiger partial charge in [0.1, 0.15) is 6.07 Å². The van der Waals surface area contributed by atoms with Gasteiger partial charge in [0, 0.05) is 29.9 Å². The van der Waals surface area contributed by atoms with Gasteiger partial charge in [-0.15, -0.1) is 0 Å². The van der Waals surface area contributed by atoms with Crippen LogP contribution < -0.4 is 0 Å². The van der Waals surface area contributed by atoms with Crippen molar-refractivity contribution in [2.75, 3.05) is 32.7 Å². The van der Waals surface area contributed by atoms with Crippen LogP contribution in [-0.4, -0.2) is 58.5 Å². The summed E-state index contributed by atoms with van der Waals surface area (Å²) in [5, 5.41) is 9.38. The van der Waals surface area contributed by atoms with E-state index < -0.39 is 0 Å². The normalized spacial score (nSPS) is 21.7. The fraction of sp³-hybridized carbons (Fsp3) is 0.783. The predicted octanol–water partition coefficient (Wildman–Crippen LogP) is 4.13. The standard InChI is InChI=1S/C23H37N5/c1-3-28(4-2)21-13-15-27(18-21)14-9-12-20-16-22(26-23(17-24)25-20)19-10-7-5-6-8-11-19/h16,19,21H,3-15,18H2,1-2H3. The van der Waals surface area contributed by atoms with Crippen molar-refractivity contribution < 1.29 is 0 Å². The number of nitrogens with zero attached hydrogens (tertiary/aromatic N) is 5. The van der Waals surface area contributed by atoms with Gasteiger partial charge in [-0.05, 0) is 64.3 Å². The zero-order valence-electron chi connectivity index (χ0n) is 17.9. The van der Waals surface area contributed by atoms with Gasteiger partial charge < -0.3 is 4.90 Å². The molecule has 1 aromatic heterocycles. The van der Waals surface area contributed by atoms with Crippen LogP contribution in [0.4, 0.5) is 0 Å². The number of likely N-dealkylation sites (N-methyl/N-ethyl adjacent to an activating group) is 1. The molecule has 2 aliphatic rings. The van der Waals surface area contributed by atoms with E-state index in [4.69, 9.17) is 0 Å². The lowest BCUT2D eigenvalue weighted by atomic mass is 9.95. The molecule has 154 valence electrons. The Balaban J connectivity index is 1.54. The Morgan fingerprint density at radius 3 is 2.54 bits per heavy atom. The minimum absolute atomic E-state index is 0.361. The summed E-state index contributed by atoms with van der Waals surface area (Å²) in [7, 11) is 0. The van der Waals surface area contributed by atoms with E-state index >= 15 is 0 Å². The van der Waals surface area contributed by atoms with Crippen molar-refractivity contribution in [3.8, 4) is 6.07 Å². The molecule has 5 heteroatoms. The number of aryl methyl sites for hydroxylation is 1. The van der Waals surface area contributed by atoms with Gasteiger partial charge >= 0.3 is 0 Å². The molecule has 0 N–H and O–H groups in total. The maximum atomic E-state index is 9.38. The Morgan fingerprint density at radius 2 is 1.86 bits per heavy atom. The predicted molar refractivity (Wildman–Crippen MR) is 113 cm³/mol. The monoisotopic (exact) mass is 383 g/mol. The number of hydrogen-bond acceptors (Lipinski definition) is 5. The van der Waals surface area contributed by atoms with Gasteiger partial charge in [0.25, 0.3) is 0 Å². The van der Waals surface area contributed by atoms with E-state index in [9.17, 15) is 5.26 Å². The first-order valence-electron chi connectivity index (χ1n) is 11.5. The molecule has 2 fully saturated rings. The average Bonchev–Trinajstić information content (AvgIpc) is 3.01. The SMILES string of the molecule is CCN(CC)C1CCN(CCCc2cc(C3CCCCCC3)nc(C#N)n2)C1. The first-order valence-corrected chi connectivity index (χ1v) is 11.5. The van der Waals surface area contributed by atoms with Gasteiger partial charge in [-0.1, -0.05) is 39.5 Å².